The summed E-state index contributed by atoms with van der Waals surface area (Å²) in [5, 5.41) is 0. The molecule has 0 aromatic heterocycles. The van der Waals surface area contributed by atoms with E-state index in [2.05, 4.69) is 4.90 Å². The van der Waals surface area contributed by atoms with Crippen LogP contribution in [0.1, 0.15) is 70.6 Å². The van der Waals surface area contributed by atoms with E-state index in [0.717, 1.165) is 51.9 Å². The van der Waals surface area contributed by atoms with Crippen LogP contribution in [0.5, 0.6) is 0 Å². The SMILES string of the molecule is CN(C(=O)CN1CCN(C(=O)CC2(CN)CCCCC2)CC1)C1CCCCC1. The van der Waals surface area contributed by atoms with Crippen LogP contribution in [0.4, 0.5) is 0 Å². The lowest BCUT2D eigenvalue weighted by Gasteiger charge is -2.40. The third-order valence-corrected chi connectivity index (χ3v) is 7.47. The van der Waals surface area contributed by atoms with Crippen LogP contribution in [0.25, 0.3) is 0 Å². The number of amides is 2. The largest absolute Gasteiger partial charge is 0.342 e. The maximum atomic E-state index is 12.9. The van der Waals surface area contributed by atoms with Crippen LogP contribution in [0.3, 0.4) is 0 Å². The normalized spacial score (nSPS) is 24.1. The van der Waals surface area contributed by atoms with Crippen molar-refractivity contribution in [3.8, 4) is 0 Å². The first-order valence-electron chi connectivity index (χ1n) is 11.5. The van der Waals surface area contributed by atoms with Gasteiger partial charge in [0.25, 0.3) is 0 Å². The first-order chi connectivity index (χ1) is 13.5. The van der Waals surface area contributed by atoms with Crippen molar-refractivity contribution in [2.75, 3.05) is 46.3 Å². The average molecular weight is 393 g/mol. The molecule has 2 amide bonds. The first kappa shape index (κ1) is 21.6. The highest BCUT2D eigenvalue weighted by molar-refractivity contribution is 5.79. The van der Waals surface area contributed by atoms with Crippen LogP contribution in [-0.2, 0) is 9.59 Å². The standard InChI is InChI=1S/C22H40N4O2/c1-24(19-8-4-2-5-9-19)21(28)17-25-12-14-26(15-13-25)20(27)16-22(18-23)10-6-3-7-11-22/h19H,2-18,23H2,1H3. The van der Waals surface area contributed by atoms with E-state index in [4.69, 9.17) is 5.73 Å². The van der Waals surface area contributed by atoms with Crippen molar-refractivity contribution in [2.24, 2.45) is 11.1 Å². The number of nitrogens with zero attached hydrogens (tertiary/aromatic N) is 3. The molecular weight excluding hydrogens is 352 g/mol. The van der Waals surface area contributed by atoms with Gasteiger partial charge in [0.2, 0.25) is 11.8 Å². The molecule has 0 unspecified atom stereocenters. The predicted octanol–water partition coefficient (Wildman–Crippen LogP) is 2.22. The van der Waals surface area contributed by atoms with Gasteiger partial charge in [-0.25, -0.2) is 0 Å². The van der Waals surface area contributed by atoms with Crippen LogP contribution in [0.15, 0.2) is 0 Å². The minimum Gasteiger partial charge on any atom is -0.342 e. The Morgan fingerprint density at radius 3 is 2.18 bits per heavy atom. The molecule has 1 aliphatic heterocycles. The Morgan fingerprint density at radius 1 is 0.964 bits per heavy atom. The van der Waals surface area contributed by atoms with Crippen molar-refractivity contribution in [2.45, 2.75) is 76.7 Å². The maximum absolute atomic E-state index is 12.9. The molecule has 0 aromatic carbocycles. The van der Waals surface area contributed by atoms with E-state index < -0.39 is 0 Å². The summed E-state index contributed by atoms with van der Waals surface area (Å²) in [6, 6.07) is 0.423. The van der Waals surface area contributed by atoms with Crippen LogP contribution >= 0.6 is 0 Å². The predicted molar refractivity (Wildman–Crippen MR) is 112 cm³/mol. The zero-order valence-electron chi connectivity index (χ0n) is 17.8. The third kappa shape index (κ3) is 5.47. The summed E-state index contributed by atoms with van der Waals surface area (Å²) in [6.45, 7) is 4.18. The molecule has 0 bridgehead atoms. The molecule has 1 saturated heterocycles. The molecule has 0 spiro atoms. The Morgan fingerprint density at radius 2 is 1.57 bits per heavy atom. The van der Waals surface area contributed by atoms with E-state index in [9.17, 15) is 9.59 Å². The van der Waals surface area contributed by atoms with Gasteiger partial charge in [-0.2, -0.15) is 0 Å². The highest BCUT2D eigenvalue weighted by Gasteiger charge is 2.35. The monoisotopic (exact) mass is 392 g/mol. The number of likely N-dealkylation sites (N-methyl/N-ethyl adjacent to an activating group) is 1. The van der Waals surface area contributed by atoms with Crippen LogP contribution in [0.2, 0.25) is 0 Å². The molecule has 2 saturated carbocycles. The second-order valence-corrected chi connectivity index (χ2v) is 9.39. The van der Waals surface area contributed by atoms with Gasteiger partial charge < -0.3 is 15.5 Å². The molecule has 0 radical (unpaired) electrons. The summed E-state index contributed by atoms with van der Waals surface area (Å²) in [5.41, 5.74) is 6.09. The molecule has 0 aromatic rings. The average Bonchev–Trinajstić information content (AvgIpc) is 2.75. The Hall–Kier alpha value is -1.14. The summed E-state index contributed by atoms with van der Waals surface area (Å²) in [5.74, 6) is 0.494. The fourth-order valence-corrected chi connectivity index (χ4v) is 5.32. The van der Waals surface area contributed by atoms with E-state index in [0.29, 0.717) is 25.6 Å². The molecule has 6 nitrogen and oxygen atoms in total. The van der Waals surface area contributed by atoms with Gasteiger partial charge in [0, 0.05) is 45.7 Å². The molecule has 3 aliphatic rings. The second kappa shape index (κ2) is 10.1. The van der Waals surface area contributed by atoms with Gasteiger partial charge in [0.1, 0.15) is 0 Å². The summed E-state index contributed by atoms with van der Waals surface area (Å²) in [6.07, 6.45) is 12.6. The lowest BCUT2D eigenvalue weighted by Crippen LogP contribution is -2.53. The Labute approximate surface area is 170 Å². The molecule has 3 fully saturated rings. The Balaban J connectivity index is 1.42. The third-order valence-electron chi connectivity index (χ3n) is 7.47. The maximum Gasteiger partial charge on any atom is 0.236 e. The molecule has 1 heterocycles. The molecular formula is C22H40N4O2. The van der Waals surface area contributed by atoms with Crippen molar-refractivity contribution >= 4 is 11.8 Å². The number of hydrogen-bond acceptors (Lipinski definition) is 4. The zero-order valence-corrected chi connectivity index (χ0v) is 17.8. The van der Waals surface area contributed by atoms with Crippen LogP contribution < -0.4 is 5.73 Å². The molecule has 6 heteroatoms. The molecule has 3 rings (SSSR count). The summed E-state index contributed by atoms with van der Waals surface area (Å²) in [7, 11) is 1.97. The lowest BCUT2D eigenvalue weighted by molar-refractivity contribution is -0.137. The van der Waals surface area contributed by atoms with Crippen molar-refractivity contribution in [3.63, 3.8) is 0 Å². The van der Waals surface area contributed by atoms with Gasteiger partial charge in [0.05, 0.1) is 6.54 Å². The van der Waals surface area contributed by atoms with Gasteiger partial charge >= 0.3 is 0 Å². The molecule has 160 valence electrons. The number of nitrogens with two attached hydrogens (primary N) is 1. The first-order valence-corrected chi connectivity index (χ1v) is 11.5. The van der Waals surface area contributed by atoms with E-state index >= 15 is 0 Å². The fraction of sp³-hybridized carbons (Fsp3) is 0.909. The minimum absolute atomic E-state index is 0.0329. The second-order valence-electron chi connectivity index (χ2n) is 9.39. The van der Waals surface area contributed by atoms with Gasteiger partial charge in [-0.3, -0.25) is 14.5 Å². The summed E-state index contributed by atoms with van der Waals surface area (Å²) >= 11 is 0. The highest BCUT2D eigenvalue weighted by Crippen LogP contribution is 2.38. The van der Waals surface area contributed by atoms with E-state index in [1.807, 2.05) is 16.8 Å². The number of piperazine rings is 1. The van der Waals surface area contributed by atoms with Crippen LogP contribution in [-0.4, -0.2) is 78.9 Å². The topological polar surface area (TPSA) is 69.9 Å². The van der Waals surface area contributed by atoms with E-state index in [-0.39, 0.29) is 17.2 Å². The molecule has 2 N–H and O–H groups in total. The number of carbonyl (C=O) groups excluding carboxylic acids is 2. The van der Waals surface area contributed by atoms with E-state index in [1.165, 1.54) is 38.5 Å². The van der Waals surface area contributed by atoms with Crippen molar-refractivity contribution in [1.82, 2.24) is 14.7 Å². The Kier molecular flexibility index (Phi) is 7.75. The number of rotatable bonds is 6. The van der Waals surface area contributed by atoms with Gasteiger partial charge in [-0.1, -0.05) is 38.5 Å². The van der Waals surface area contributed by atoms with Gasteiger partial charge in [-0.05, 0) is 37.6 Å². The smallest absolute Gasteiger partial charge is 0.236 e. The van der Waals surface area contributed by atoms with Crippen molar-refractivity contribution in [1.29, 1.82) is 0 Å². The lowest BCUT2D eigenvalue weighted by atomic mass is 9.71. The quantitative estimate of drug-likeness (QED) is 0.752. The molecule has 28 heavy (non-hydrogen) atoms. The van der Waals surface area contributed by atoms with E-state index in [1.54, 1.807) is 0 Å². The van der Waals surface area contributed by atoms with Crippen LogP contribution in [0, 0.1) is 5.41 Å². The number of carbonyl (C=O) groups is 2. The van der Waals surface area contributed by atoms with Gasteiger partial charge in [-0.15, -0.1) is 0 Å². The molecule has 0 atom stereocenters. The highest BCUT2D eigenvalue weighted by atomic mass is 16.2. The minimum atomic E-state index is 0.0329. The summed E-state index contributed by atoms with van der Waals surface area (Å²) < 4.78 is 0. The summed E-state index contributed by atoms with van der Waals surface area (Å²) in [4.78, 5) is 31.7. The fourth-order valence-electron chi connectivity index (χ4n) is 5.32. The molecule has 2 aliphatic carbocycles. The van der Waals surface area contributed by atoms with Gasteiger partial charge in [0.15, 0.2) is 0 Å². The zero-order chi connectivity index (χ0) is 20.0. The van der Waals surface area contributed by atoms with Crippen molar-refractivity contribution < 1.29 is 9.59 Å². The number of hydrogen-bond donors (Lipinski definition) is 1. The Bertz CT molecular complexity index is 519. The van der Waals surface area contributed by atoms with Crippen molar-refractivity contribution in [3.05, 3.63) is 0 Å².